The Morgan fingerprint density at radius 2 is 1.69 bits per heavy atom. The molecule has 8 nitrogen and oxygen atoms in total. The second-order valence-electron chi connectivity index (χ2n) is 11.0. The Hall–Kier alpha value is -1.85. The van der Waals surface area contributed by atoms with Crippen molar-refractivity contribution in [2.75, 3.05) is 45.9 Å². The predicted molar refractivity (Wildman–Crippen MR) is 119 cm³/mol. The first-order chi connectivity index (χ1) is 15.2. The van der Waals surface area contributed by atoms with Crippen molar-refractivity contribution in [1.29, 1.82) is 5.26 Å². The first kappa shape index (κ1) is 23.3. The van der Waals surface area contributed by atoms with Gasteiger partial charge in [-0.25, -0.2) is 4.79 Å². The largest absolute Gasteiger partial charge is 0.444 e. The normalized spacial score (nSPS) is 28.6. The van der Waals surface area contributed by atoms with E-state index >= 15 is 0 Å². The molecule has 4 rings (SSSR count). The molecular weight excluding hydrogens is 408 g/mol. The first-order valence-electron chi connectivity index (χ1n) is 12.2. The van der Waals surface area contributed by atoms with E-state index < -0.39 is 11.0 Å². The zero-order valence-electron chi connectivity index (χ0n) is 19.8. The topological polar surface area (TPSA) is 86.1 Å². The maximum Gasteiger partial charge on any atom is 0.410 e. The molecule has 2 amide bonds. The van der Waals surface area contributed by atoms with E-state index in [4.69, 9.17) is 9.47 Å². The molecule has 0 spiro atoms. The second-order valence-corrected chi connectivity index (χ2v) is 11.0. The summed E-state index contributed by atoms with van der Waals surface area (Å²) in [6.07, 6.45) is 4.88. The van der Waals surface area contributed by atoms with Crippen LogP contribution >= 0.6 is 0 Å². The zero-order chi connectivity index (χ0) is 22.9. The summed E-state index contributed by atoms with van der Waals surface area (Å²) in [5.41, 5.74) is -1.57. The van der Waals surface area contributed by atoms with E-state index in [1.807, 2.05) is 25.7 Å². The summed E-state index contributed by atoms with van der Waals surface area (Å²) >= 11 is 0. The molecule has 4 heterocycles. The van der Waals surface area contributed by atoms with Gasteiger partial charge in [0.15, 0.2) is 0 Å². The number of piperidine rings is 2. The van der Waals surface area contributed by atoms with Gasteiger partial charge in [-0.15, -0.1) is 0 Å². The first-order valence-corrected chi connectivity index (χ1v) is 12.2. The number of carbonyl (C=O) groups excluding carboxylic acids is 2. The molecule has 4 fully saturated rings. The molecule has 4 aliphatic rings. The molecule has 0 radical (unpaired) electrons. The lowest BCUT2D eigenvalue weighted by molar-refractivity contribution is -0.143. The van der Waals surface area contributed by atoms with E-state index in [0.29, 0.717) is 43.9 Å². The van der Waals surface area contributed by atoms with Crippen LogP contribution in [0.1, 0.15) is 59.3 Å². The van der Waals surface area contributed by atoms with Crippen LogP contribution < -0.4 is 0 Å². The number of nitrogens with zero attached hydrogens (tertiary/aromatic N) is 4. The van der Waals surface area contributed by atoms with Crippen molar-refractivity contribution in [3.63, 3.8) is 0 Å². The van der Waals surface area contributed by atoms with Crippen LogP contribution in [0.15, 0.2) is 0 Å². The predicted octanol–water partition coefficient (Wildman–Crippen LogP) is 2.63. The van der Waals surface area contributed by atoms with Gasteiger partial charge in [-0.2, -0.15) is 5.26 Å². The van der Waals surface area contributed by atoms with Gasteiger partial charge in [0.1, 0.15) is 11.0 Å². The molecule has 4 saturated heterocycles. The lowest BCUT2D eigenvalue weighted by Gasteiger charge is -2.53. The quantitative estimate of drug-likeness (QED) is 0.660. The third-order valence-corrected chi connectivity index (χ3v) is 7.69. The number of rotatable bonds is 4. The molecule has 0 aromatic heterocycles. The third-order valence-electron chi connectivity index (χ3n) is 7.69. The molecule has 0 aromatic rings. The average Bonchev–Trinajstić information content (AvgIpc) is 2.78. The monoisotopic (exact) mass is 446 g/mol. The molecule has 2 atom stereocenters. The molecule has 32 heavy (non-hydrogen) atoms. The zero-order valence-corrected chi connectivity index (χ0v) is 19.8. The number of ether oxygens (including phenoxy) is 2. The van der Waals surface area contributed by atoms with Gasteiger partial charge in [0.25, 0.3) is 0 Å². The Kier molecular flexibility index (Phi) is 6.69. The van der Waals surface area contributed by atoms with Crippen LogP contribution in [0.4, 0.5) is 4.79 Å². The molecule has 178 valence electrons. The molecule has 2 unspecified atom stereocenters. The summed E-state index contributed by atoms with van der Waals surface area (Å²) in [6, 6.07) is 3.57. The summed E-state index contributed by atoms with van der Waals surface area (Å²) in [4.78, 5) is 31.8. The minimum Gasteiger partial charge on any atom is -0.444 e. The Balaban J connectivity index is 1.23. The number of morpholine rings is 1. The average molecular weight is 447 g/mol. The van der Waals surface area contributed by atoms with E-state index in [1.54, 1.807) is 4.90 Å². The molecule has 0 N–H and O–H groups in total. The van der Waals surface area contributed by atoms with Crippen molar-refractivity contribution >= 4 is 12.0 Å². The number of hydrogen-bond acceptors (Lipinski definition) is 6. The van der Waals surface area contributed by atoms with Gasteiger partial charge in [0.2, 0.25) is 5.91 Å². The number of likely N-dealkylation sites (tertiary alicyclic amines) is 2. The van der Waals surface area contributed by atoms with Crippen molar-refractivity contribution in [2.24, 2.45) is 11.3 Å². The van der Waals surface area contributed by atoms with E-state index in [1.165, 1.54) is 12.8 Å². The summed E-state index contributed by atoms with van der Waals surface area (Å²) in [7, 11) is 0. The van der Waals surface area contributed by atoms with Crippen LogP contribution in [0.5, 0.6) is 0 Å². The van der Waals surface area contributed by atoms with Crippen LogP contribution in [-0.4, -0.2) is 90.3 Å². The summed E-state index contributed by atoms with van der Waals surface area (Å²) < 4.78 is 11.0. The molecule has 0 aromatic carbocycles. The Morgan fingerprint density at radius 3 is 2.22 bits per heavy atom. The van der Waals surface area contributed by atoms with E-state index in [2.05, 4.69) is 11.0 Å². The highest BCUT2D eigenvalue weighted by molar-refractivity contribution is 5.86. The van der Waals surface area contributed by atoms with Gasteiger partial charge in [-0.05, 0) is 71.8 Å². The van der Waals surface area contributed by atoms with Crippen LogP contribution in [0, 0.1) is 22.7 Å². The van der Waals surface area contributed by atoms with Crippen molar-refractivity contribution in [3.05, 3.63) is 0 Å². The van der Waals surface area contributed by atoms with E-state index in [0.717, 1.165) is 45.7 Å². The molecule has 4 aliphatic heterocycles. The Labute approximate surface area is 191 Å². The van der Waals surface area contributed by atoms with Crippen LogP contribution in [0.2, 0.25) is 0 Å². The lowest BCUT2D eigenvalue weighted by Crippen LogP contribution is -2.63. The smallest absolute Gasteiger partial charge is 0.410 e. The van der Waals surface area contributed by atoms with E-state index in [-0.39, 0.29) is 12.0 Å². The standard InChI is InChI=1S/C24H38N4O4/c1-23(2,3)32-22(30)27-12-7-24(17-25,8-13-27)21(29)26-9-4-18(5-10-26)6-11-28-19-14-20(28)16-31-15-19/h18-20H,4-16H2,1-3H3. The van der Waals surface area contributed by atoms with Gasteiger partial charge < -0.3 is 19.3 Å². The Bertz CT molecular complexity index is 728. The fraction of sp³-hybridized carbons (Fsp3) is 0.875. The summed E-state index contributed by atoms with van der Waals surface area (Å²) in [5.74, 6) is 0.602. The summed E-state index contributed by atoms with van der Waals surface area (Å²) in [5, 5.41) is 9.92. The van der Waals surface area contributed by atoms with Crippen LogP contribution in [0.3, 0.4) is 0 Å². The highest BCUT2D eigenvalue weighted by Gasteiger charge is 2.46. The third kappa shape index (κ3) is 4.89. The molecule has 2 bridgehead atoms. The fourth-order valence-corrected chi connectivity index (χ4v) is 5.61. The molecular formula is C24H38N4O4. The molecule has 0 aliphatic carbocycles. The number of hydrogen-bond donors (Lipinski definition) is 0. The van der Waals surface area contributed by atoms with Crippen molar-refractivity contribution in [1.82, 2.24) is 14.7 Å². The number of amides is 2. The lowest BCUT2D eigenvalue weighted by atomic mass is 9.77. The maximum atomic E-state index is 13.3. The highest BCUT2D eigenvalue weighted by Crippen LogP contribution is 2.36. The van der Waals surface area contributed by atoms with Crippen LogP contribution in [-0.2, 0) is 14.3 Å². The van der Waals surface area contributed by atoms with Crippen molar-refractivity contribution < 1.29 is 19.1 Å². The fourth-order valence-electron chi connectivity index (χ4n) is 5.61. The number of fused-ring (bicyclic) bond motifs is 2. The molecule has 0 saturated carbocycles. The summed E-state index contributed by atoms with van der Waals surface area (Å²) in [6.45, 7) is 10.6. The minimum atomic E-state index is -1.01. The minimum absolute atomic E-state index is 0.0447. The van der Waals surface area contributed by atoms with Gasteiger partial charge >= 0.3 is 6.09 Å². The van der Waals surface area contributed by atoms with E-state index in [9.17, 15) is 14.9 Å². The van der Waals surface area contributed by atoms with Gasteiger partial charge in [0, 0.05) is 38.3 Å². The number of nitriles is 1. The molecule has 8 heteroatoms. The van der Waals surface area contributed by atoms with Gasteiger partial charge in [0.05, 0.1) is 19.3 Å². The Morgan fingerprint density at radius 1 is 1.06 bits per heavy atom. The van der Waals surface area contributed by atoms with Gasteiger partial charge in [-0.1, -0.05) is 0 Å². The van der Waals surface area contributed by atoms with Crippen molar-refractivity contribution in [2.45, 2.75) is 77.0 Å². The second kappa shape index (κ2) is 9.18. The number of carbonyl (C=O) groups is 2. The van der Waals surface area contributed by atoms with Crippen molar-refractivity contribution in [3.8, 4) is 6.07 Å². The van der Waals surface area contributed by atoms with Crippen LogP contribution in [0.25, 0.3) is 0 Å². The highest BCUT2D eigenvalue weighted by atomic mass is 16.6. The van der Waals surface area contributed by atoms with Gasteiger partial charge in [-0.3, -0.25) is 9.69 Å². The SMILES string of the molecule is CC(C)(C)OC(=O)N1CCC(C#N)(C(=O)N2CCC(CCN3C4COCC3C4)CC2)CC1. The maximum absolute atomic E-state index is 13.3.